The number of hydrogen-bond acceptors (Lipinski definition) is 8. The molecule has 1 N–H and O–H groups in total. The summed E-state index contributed by atoms with van der Waals surface area (Å²) in [5, 5.41) is 5.07. The number of fused-ring (bicyclic) bond motifs is 1. The Balaban J connectivity index is 1.63. The molecule has 4 heterocycles. The van der Waals surface area contributed by atoms with Gasteiger partial charge in [0.15, 0.2) is 5.82 Å². The van der Waals surface area contributed by atoms with E-state index in [-0.39, 0.29) is 18.1 Å². The molecule has 0 aliphatic carbocycles. The van der Waals surface area contributed by atoms with Gasteiger partial charge in [-0.1, -0.05) is 6.07 Å². The summed E-state index contributed by atoms with van der Waals surface area (Å²) in [6.45, 7) is 0.565. The van der Waals surface area contributed by atoms with Gasteiger partial charge < -0.3 is 14.8 Å². The Morgan fingerprint density at radius 2 is 2.24 bits per heavy atom. The van der Waals surface area contributed by atoms with Crippen molar-refractivity contribution in [3.8, 4) is 17.4 Å². The van der Waals surface area contributed by atoms with E-state index in [0.29, 0.717) is 30.4 Å². The van der Waals surface area contributed by atoms with Crippen LogP contribution in [0.15, 0.2) is 35.8 Å². The first-order valence-corrected chi connectivity index (χ1v) is 8.77. The third kappa shape index (κ3) is 3.18. The fourth-order valence-corrected chi connectivity index (χ4v) is 3.56. The maximum absolute atomic E-state index is 11.7. The van der Waals surface area contributed by atoms with Gasteiger partial charge in [-0.2, -0.15) is 4.98 Å². The minimum atomic E-state index is -0.342. The highest BCUT2D eigenvalue weighted by Crippen LogP contribution is 2.31. The van der Waals surface area contributed by atoms with E-state index >= 15 is 0 Å². The number of rotatable bonds is 4. The standard InChI is InChI=1S/C17H16N4O3S/c1-23-17(22)13-8-10(9-19-13)24-16-14-11(5-7-25-14)20-15(21-16)12-4-2-3-6-18-12/h2-7,10,13,19H,8-9H2,1H3/t10-,13?/m1/s1. The molecule has 0 aromatic carbocycles. The van der Waals surface area contributed by atoms with Gasteiger partial charge in [0, 0.05) is 19.2 Å². The van der Waals surface area contributed by atoms with Crippen LogP contribution in [0.3, 0.4) is 0 Å². The SMILES string of the molecule is COC(=O)C1C[C@@H](Oc2nc(-c3ccccn3)nc3ccsc23)CN1. The first kappa shape index (κ1) is 15.9. The molecule has 1 aliphatic rings. The van der Waals surface area contributed by atoms with Crippen molar-refractivity contribution in [2.24, 2.45) is 0 Å². The van der Waals surface area contributed by atoms with Gasteiger partial charge in [0.2, 0.25) is 5.88 Å². The average molecular weight is 356 g/mol. The number of esters is 1. The van der Waals surface area contributed by atoms with Gasteiger partial charge in [-0.25, -0.2) is 4.98 Å². The molecule has 0 radical (unpaired) electrons. The maximum atomic E-state index is 11.7. The fourth-order valence-electron chi connectivity index (χ4n) is 2.80. The summed E-state index contributed by atoms with van der Waals surface area (Å²) in [7, 11) is 1.39. The van der Waals surface area contributed by atoms with Gasteiger partial charge in [-0.15, -0.1) is 11.3 Å². The Bertz CT molecular complexity index is 899. The molecular weight excluding hydrogens is 340 g/mol. The highest BCUT2D eigenvalue weighted by molar-refractivity contribution is 7.17. The average Bonchev–Trinajstić information content (AvgIpc) is 3.31. The molecule has 3 aromatic heterocycles. The van der Waals surface area contributed by atoms with E-state index in [0.717, 1.165) is 10.2 Å². The summed E-state index contributed by atoms with van der Waals surface area (Å²) in [5.41, 5.74) is 1.52. The van der Waals surface area contributed by atoms with E-state index in [1.165, 1.54) is 18.4 Å². The van der Waals surface area contributed by atoms with Crippen LogP contribution in [0.4, 0.5) is 0 Å². The van der Waals surface area contributed by atoms with Gasteiger partial charge in [-0.05, 0) is 23.6 Å². The molecule has 1 fully saturated rings. The predicted molar refractivity (Wildman–Crippen MR) is 93.5 cm³/mol. The Labute approximate surface area is 148 Å². The number of nitrogens with zero attached hydrogens (tertiary/aromatic N) is 3. The minimum absolute atomic E-state index is 0.152. The Kier molecular flexibility index (Phi) is 4.29. The molecule has 7 nitrogen and oxygen atoms in total. The summed E-state index contributed by atoms with van der Waals surface area (Å²) in [6, 6.07) is 7.20. The van der Waals surface area contributed by atoms with Crippen LogP contribution in [-0.4, -0.2) is 46.7 Å². The second-order valence-electron chi connectivity index (χ2n) is 5.66. The summed E-state index contributed by atoms with van der Waals surface area (Å²) in [5.74, 6) is 0.777. The normalized spacial score (nSPS) is 19.9. The zero-order valence-corrected chi connectivity index (χ0v) is 14.3. The smallest absolute Gasteiger partial charge is 0.323 e. The quantitative estimate of drug-likeness (QED) is 0.716. The van der Waals surface area contributed by atoms with Gasteiger partial charge in [-0.3, -0.25) is 9.78 Å². The first-order chi connectivity index (χ1) is 12.2. The van der Waals surface area contributed by atoms with Gasteiger partial charge in [0.05, 0.1) is 12.6 Å². The van der Waals surface area contributed by atoms with Crippen molar-refractivity contribution < 1.29 is 14.3 Å². The van der Waals surface area contributed by atoms with E-state index in [9.17, 15) is 4.79 Å². The van der Waals surface area contributed by atoms with Crippen LogP contribution in [0, 0.1) is 0 Å². The number of thiophene rings is 1. The van der Waals surface area contributed by atoms with Crippen molar-refractivity contribution in [2.45, 2.75) is 18.6 Å². The molecule has 4 rings (SSSR count). The number of carbonyl (C=O) groups excluding carboxylic acids is 1. The molecule has 25 heavy (non-hydrogen) atoms. The molecule has 128 valence electrons. The monoisotopic (exact) mass is 356 g/mol. The van der Waals surface area contributed by atoms with Crippen LogP contribution in [0.1, 0.15) is 6.42 Å². The lowest BCUT2D eigenvalue weighted by Crippen LogP contribution is -2.31. The van der Waals surface area contributed by atoms with Crippen molar-refractivity contribution >= 4 is 27.5 Å². The zero-order chi connectivity index (χ0) is 17.2. The molecule has 1 saturated heterocycles. The molecule has 1 aliphatic heterocycles. The Morgan fingerprint density at radius 1 is 1.32 bits per heavy atom. The Hall–Kier alpha value is -2.58. The van der Waals surface area contributed by atoms with Crippen molar-refractivity contribution in [3.63, 3.8) is 0 Å². The van der Waals surface area contributed by atoms with Crippen molar-refractivity contribution in [1.82, 2.24) is 20.3 Å². The molecule has 2 atom stereocenters. The summed E-state index contributed by atoms with van der Waals surface area (Å²) >= 11 is 1.53. The van der Waals surface area contributed by atoms with Crippen LogP contribution in [-0.2, 0) is 9.53 Å². The summed E-state index contributed by atoms with van der Waals surface area (Å²) in [6.07, 6.45) is 2.10. The van der Waals surface area contributed by atoms with E-state index in [2.05, 4.69) is 20.3 Å². The van der Waals surface area contributed by atoms with Gasteiger partial charge >= 0.3 is 5.97 Å². The number of carbonyl (C=O) groups is 1. The van der Waals surface area contributed by atoms with Crippen molar-refractivity contribution in [2.75, 3.05) is 13.7 Å². The highest BCUT2D eigenvalue weighted by Gasteiger charge is 2.32. The third-order valence-electron chi connectivity index (χ3n) is 4.02. The molecule has 0 saturated carbocycles. The fraction of sp³-hybridized carbons (Fsp3) is 0.294. The number of hydrogen-bond donors (Lipinski definition) is 1. The van der Waals surface area contributed by atoms with Crippen LogP contribution in [0.2, 0.25) is 0 Å². The number of pyridine rings is 1. The second-order valence-corrected chi connectivity index (χ2v) is 6.58. The molecule has 3 aromatic rings. The lowest BCUT2D eigenvalue weighted by Gasteiger charge is -2.13. The topological polar surface area (TPSA) is 86.2 Å². The highest BCUT2D eigenvalue weighted by atomic mass is 32.1. The predicted octanol–water partition coefficient (Wildman–Crippen LogP) is 2.04. The molecule has 8 heteroatoms. The lowest BCUT2D eigenvalue weighted by molar-refractivity contribution is -0.142. The van der Waals surface area contributed by atoms with Gasteiger partial charge in [0.1, 0.15) is 22.5 Å². The third-order valence-corrected chi connectivity index (χ3v) is 4.91. The number of nitrogens with one attached hydrogen (secondary N) is 1. The second kappa shape index (κ2) is 6.73. The summed E-state index contributed by atoms with van der Waals surface area (Å²) < 4.78 is 11.8. The van der Waals surface area contributed by atoms with E-state index in [1.807, 2.05) is 29.6 Å². The van der Waals surface area contributed by atoms with Crippen LogP contribution in [0.25, 0.3) is 21.7 Å². The Morgan fingerprint density at radius 3 is 3.04 bits per heavy atom. The van der Waals surface area contributed by atoms with E-state index < -0.39 is 0 Å². The number of methoxy groups -OCH3 is 1. The molecule has 0 amide bonds. The maximum Gasteiger partial charge on any atom is 0.323 e. The van der Waals surface area contributed by atoms with E-state index in [4.69, 9.17) is 9.47 Å². The van der Waals surface area contributed by atoms with Crippen molar-refractivity contribution in [3.05, 3.63) is 35.8 Å². The number of aromatic nitrogens is 3. The van der Waals surface area contributed by atoms with Crippen LogP contribution >= 0.6 is 11.3 Å². The van der Waals surface area contributed by atoms with Crippen LogP contribution < -0.4 is 10.1 Å². The van der Waals surface area contributed by atoms with Crippen LogP contribution in [0.5, 0.6) is 5.88 Å². The molecular formula is C17H16N4O3S. The largest absolute Gasteiger partial charge is 0.472 e. The zero-order valence-electron chi connectivity index (χ0n) is 13.5. The van der Waals surface area contributed by atoms with E-state index in [1.54, 1.807) is 6.20 Å². The van der Waals surface area contributed by atoms with Crippen molar-refractivity contribution in [1.29, 1.82) is 0 Å². The first-order valence-electron chi connectivity index (χ1n) is 7.89. The lowest BCUT2D eigenvalue weighted by atomic mass is 10.2. The van der Waals surface area contributed by atoms with Gasteiger partial charge in [0.25, 0.3) is 0 Å². The molecule has 1 unspecified atom stereocenters. The minimum Gasteiger partial charge on any atom is -0.472 e. The molecule has 0 bridgehead atoms. The molecule has 0 spiro atoms. The summed E-state index contributed by atoms with van der Waals surface area (Å²) in [4.78, 5) is 25.1. The number of ether oxygens (including phenoxy) is 2.